The molecule has 6 heteroatoms. The third-order valence-corrected chi connectivity index (χ3v) is 5.71. The molecule has 0 bridgehead atoms. The minimum Gasteiger partial charge on any atom is -0.377 e. The molecule has 0 aromatic heterocycles. The number of anilines is 1. The number of halogens is 1. The number of benzene rings is 1. The molecule has 4 nitrogen and oxygen atoms in total. The molecule has 1 unspecified atom stereocenters. The Morgan fingerprint density at radius 1 is 1.40 bits per heavy atom. The van der Waals surface area contributed by atoms with Gasteiger partial charge in [-0.3, -0.25) is 0 Å². The molecule has 1 aliphatic heterocycles. The molecule has 0 aliphatic carbocycles. The average Bonchev–Trinajstić information content (AvgIpc) is 2.47. The molecule has 0 radical (unpaired) electrons. The van der Waals surface area contributed by atoms with Gasteiger partial charge < -0.3 is 9.64 Å². The zero-order chi connectivity index (χ0) is 14.6. The summed E-state index contributed by atoms with van der Waals surface area (Å²) in [6.45, 7) is 3.66. The van der Waals surface area contributed by atoms with Gasteiger partial charge in [0.05, 0.1) is 35.6 Å². The average molecular weight is 318 g/mol. The Labute approximate surface area is 125 Å². The van der Waals surface area contributed by atoms with Crippen molar-refractivity contribution in [2.24, 2.45) is 0 Å². The molecule has 1 fully saturated rings. The van der Waals surface area contributed by atoms with E-state index in [4.69, 9.17) is 16.3 Å². The Morgan fingerprint density at radius 2 is 2.15 bits per heavy atom. The van der Waals surface area contributed by atoms with Gasteiger partial charge in [0.2, 0.25) is 0 Å². The van der Waals surface area contributed by atoms with Gasteiger partial charge in [0, 0.05) is 12.4 Å². The summed E-state index contributed by atoms with van der Waals surface area (Å²) in [5.41, 5.74) is 0.745. The molecule has 2 rings (SSSR count). The van der Waals surface area contributed by atoms with Crippen LogP contribution >= 0.6 is 11.6 Å². The van der Waals surface area contributed by atoms with E-state index in [-0.39, 0.29) is 11.8 Å². The smallest absolute Gasteiger partial charge is 0.180 e. The lowest BCUT2D eigenvalue weighted by Crippen LogP contribution is -2.47. The minimum atomic E-state index is -3.25. The lowest BCUT2D eigenvalue weighted by Gasteiger charge is -2.37. The fraction of sp³-hybridized carbons (Fsp3) is 0.571. The molecule has 0 spiro atoms. The van der Waals surface area contributed by atoms with Gasteiger partial charge in [-0.1, -0.05) is 19.1 Å². The summed E-state index contributed by atoms with van der Waals surface area (Å²) in [5, 5.41) is 0. The first-order valence-corrected chi connectivity index (χ1v) is 9.01. The molecular formula is C14H20ClNO3S. The molecule has 0 saturated carbocycles. The van der Waals surface area contributed by atoms with Gasteiger partial charge >= 0.3 is 0 Å². The quantitative estimate of drug-likeness (QED) is 0.782. The van der Waals surface area contributed by atoms with E-state index in [0.29, 0.717) is 37.0 Å². The van der Waals surface area contributed by atoms with Gasteiger partial charge in [0.15, 0.2) is 9.84 Å². The number of hydrogen-bond acceptors (Lipinski definition) is 4. The van der Waals surface area contributed by atoms with E-state index in [1.54, 1.807) is 12.1 Å². The maximum Gasteiger partial charge on any atom is 0.180 e. The molecule has 0 N–H and O–H groups in total. The molecule has 1 heterocycles. The number of morpholine rings is 1. The number of hydrogen-bond donors (Lipinski definition) is 0. The highest BCUT2D eigenvalue weighted by molar-refractivity contribution is 7.91. The maximum absolute atomic E-state index is 12.4. The van der Waals surface area contributed by atoms with Crippen LogP contribution in [0.4, 0.5) is 5.69 Å². The largest absolute Gasteiger partial charge is 0.377 e. The van der Waals surface area contributed by atoms with Crippen LogP contribution in [-0.2, 0) is 14.6 Å². The minimum absolute atomic E-state index is 0.0170. The normalized spacial score (nSPS) is 20.1. The summed E-state index contributed by atoms with van der Waals surface area (Å²) in [7, 11) is -3.25. The van der Waals surface area contributed by atoms with Crippen LogP contribution in [0.15, 0.2) is 29.2 Å². The van der Waals surface area contributed by atoms with Crippen molar-refractivity contribution in [3.05, 3.63) is 24.3 Å². The van der Waals surface area contributed by atoms with E-state index in [2.05, 4.69) is 4.90 Å². The fourth-order valence-corrected chi connectivity index (χ4v) is 4.24. The predicted molar refractivity (Wildman–Crippen MR) is 81.5 cm³/mol. The number of para-hydroxylation sites is 1. The van der Waals surface area contributed by atoms with Crippen molar-refractivity contribution in [3.8, 4) is 0 Å². The molecule has 1 aliphatic rings. The van der Waals surface area contributed by atoms with Crippen molar-refractivity contribution in [2.75, 3.05) is 36.3 Å². The third kappa shape index (κ3) is 3.27. The van der Waals surface area contributed by atoms with E-state index in [0.717, 1.165) is 5.69 Å². The zero-order valence-electron chi connectivity index (χ0n) is 11.6. The third-order valence-electron chi connectivity index (χ3n) is 3.39. The summed E-state index contributed by atoms with van der Waals surface area (Å²) in [6.07, 6.45) is 0.610. The monoisotopic (exact) mass is 317 g/mol. The fourth-order valence-electron chi connectivity index (χ4n) is 2.44. The van der Waals surface area contributed by atoms with Gasteiger partial charge in [-0.15, -0.1) is 11.6 Å². The topological polar surface area (TPSA) is 46.6 Å². The summed E-state index contributed by atoms with van der Waals surface area (Å²) in [4.78, 5) is 2.46. The Morgan fingerprint density at radius 3 is 2.85 bits per heavy atom. The van der Waals surface area contributed by atoms with Crippen LogP contribution in [0.5, 0.6) is 0 Å². The molecule has 112 valence electrons. The number of ether oxygens (including phenoxy) is 1. The van der Waals surface area contributed by atoms with E-state index in [1.807, 2.05) is 19.1 Å². The second kappa shape index (κ2) is 6.78. The van der Waals surface area contributed by atoms with Crippen LogP contribution < -0.4 is 4.90 Å². The Hall–Kier alpha value is -0.780. The van der Waals surface area contributed by atoms with Crippen molar-refractivity contribution >= 4 is 27.1 Å². The Kier molecular flexibility index (Phi) is 5.29. The molecule has 1 saturated heterocycles. The lowest BCUT2D eigenvalue weighted by molar-refractivity contribution is 0.0995. The first kappa shape index (κ1) is 15.6. The second-order valence-electron chi connectivity index (χ2n) is 4.86. The standard InChI is InChI=1S/C14H20ClNO3S/c1-2-9-20(17,18)14-6-4-3-5-13(14)16-7-8-19-11-12(16)10-15/h3-6,12H,2,7-11H2,1H3. The van der Waals surface area contributed by atoms with Crippen LogP contribution in [0.2, 0.25) is 0 Å². The van der Waals surface area contributed by atoms with E-state index in [9.17, 15) is 8.42 Å². The molecule has 20 heavy (non-hydrogen) atoms. The SMILES string of the molecule is CCCS(=O)(=O)c1ccccc1N1CCOCC1CCl. The van der Waals surface area contributed by atoms with Crippen LogP contribution in [0.25, 0.3) is 0 Å². The lowest BCUT2D eigenvalue weighted by atomic mass is 10.2. The molecule has 1 aromatic rings. The van der Waals surface area contributed by atoms with Crippen LogP contribution in [0.1, 0.15) is 13.3 Å². The summed E-state index contributed by atoms with van der Waals surface area (Å²) in [6, 6.07) is 7.18. The van der Waals surface area contributed by atoms with Gasteiger partial charge in [-0.25, -0.2) is 8.42 Å². The number of rotatable bonds is 5. The summed E-state index contributed by atoms with van der Waals surface area (Å²) in [5.74, 6) is 0.585. The van der Waals surface area contributed by atoms with Crippen molar-refractivity contribution in [1.29, 1.82) is 0 Å². The van der Waals surface area contributed by atoms with Crippen LogP contribution in [-0.4, -0.2) is 45.9 Å². The Balaban J connectivity index is 2.41. The van der Waals surface area contributed by atoms with Crippen molar-refractivity contribution in [3.63, 3.8) is 0 Å². The van der Waals surface area contributed by atoms with E-state index in [1.165, 1.54) is 0 Å². The van der Waals surface area contributed by atoms with Gasteiger partial charge in [-0.05, 0) is 18.6 Å². The molecule has 0 amide bonds. The number of alkyl halides is 1. The first-order valence-electron chi connectivity index (χ1n) is 6.82. The Bertz CT molecular complexity index is 547. The molecular weight excluding hydrogens is 298 g/mol. The predicted octanol–water partition coefficient (Wildman–Crippen LogP) is 2.31. The second-order valence-corrected chi connectivity index (χ2v) is 7.25. The van der Waals surface area contributed by atoms with Crippen molar-refractivity contribution < 1.29 is 13.2 Å². The van der Waals surface area contributed by atoms with Gasteiger partial charge in [-0.2, -0.15) is 0 Å². The molecule has 1 atom stereocenters. The van der Waals surface area contributed by atoms with Gasteiger partial charge in [0.25, 0.3) is 0 Å². The summed E-state index contributed by atoms with van der Waals surface area (Å²) < 4.78 is 30.2. The summed E-state index contributed by atoms with van der Waals surface area (Å²) >= 11 is 5.98. The maximum atomic E-state index is 12.4. The number of nitrogens with zero attached hydrogens (tertiary/aromatic N) is 1. The van der Waals surface area contributed by atoms with E-state index < -0.39 is 9.84 Å². The zero-order valence-corrected chi connectivity index (χ0v) is 13.2. The van der Waals surface area contributed by atoms with E-state index >= 15 is 0 Å². The van der Waals surface area contributed by atoms with Gasteiger partial charge in [0.1, 0.15) is 0 Å². The van der Waals surface area contributed by atoms with Crippen molar-refractivity contribution in [2.45, 2.75) is 24.3 Å². The van der Waals surface area contributed by atoms with Crippen LogP contribution in [0, 0.1) is 0 Å². The van der Waals surface area contributed by atoms with Crippen molar-refractivity contribution in [1.82, 2.24) is 0 Å². The number of sulfone groups is 1. The molecule has 1 aromatic carbocycles. The first-order chi connectivity index (χ1) is 9.60. The van der Waals surface area contributed by atoms with Crippen LogP contribution in [0.3, 0.4) is 0 Å². The highest BCUT2D eigenvalue weighted by atomic mass is 35.5. The highest BCUT2D eigenvalue weighted by Crippen LogP contribution is 2.29. The highest BCUT2D eigenvalue weighted by Gasteiger charge is 2.27.